The van der Waals surface area contributed by atoms with Crippen LogP contribution in [0.25, 0.3) is 0 Å². The fourth-order valence-corrected chi connectivity index (χ4v) is 1.77. The van der Waals surface area contributed by atoms with Crippen LogP contribution in [0.3, 0.4) is 0 Å². The molecule has 6 nitrogen and oxygen atoms in total. The maximum absolute atomic E-state index is 12.0. The van der Waals surface area contributed by atoms with Crippen molar-refractivity contribution in [3.63, 3.8) is 0 Å². The van der Waals surface area contributed by atoms with Crippen molar-refractivity contribution in [2.75, 3.05) is 7.05 Å². The molecule has 0 aromatic heterocycles. The van der Waals surface area contributed by atoms with Crippen LogP contribution >= 0.6 is 0 Å². The number of hydrogen-bond acceptors (Lipinski definition) is 3. The summed E-state index contributed by atoms with van der Waals surface area (Å²) in [6.07, 6.45) is 0. The minimum Gasteiger partial charge on any atom is -0.273 e. The molecule has 2 aromatic carbocycles. The Bertz CT molecular complexity index is 672. The van der Waals surface area contributed by atoms with E-state index in [0.29, 0.717) is 11.1 Å². The normalized spacial score (nSPS) is 9.68. The molecule has 0 fully saturated rings. The van der Waals surface area contributed by atoms with Crippen LogP contribution in [0.2, 0.25) is 0 Å². The SMILES string of the molecule is CN(NC(=O)NC(=O)c1ccccc1)C(=O)c1ccccc1. The molecule has 112 valence electrons. The molecule has 6 heteroatoms. The van der Waals surface area contributed by atoms with E-state index in [1.54, 1.807) is 60.7 Å². The standard InChI is InChI=1S/C16H15N3O3/c1-19(15(21)13-10-6-3-7-11-13)18-16(22)17-14(20)12-8-4-2-5-9-12/h2-11H,1H3,(H2,17,18,20,22). The van der Waals surface area contributed by atoms with Crippen LogP contribution in [0.1, 0.15) is 20.7 Å². The van der Waals surface area contributed by atoms with Gasteiger partial charge in [-0.3, -0.25) is 19.9 Å². The van der Waals surface area contributed by atoms with E-state index >= 15 is 0 Å². The number of rotatable bonds is 2. The smallest absolute Gasteiger partial charge is 0.273 e. The van der Waals surface area contributed by atoms with Gasteiger partial charge in [-0.25, -0.2) is 10.2 Å². The summed E-state index contributed by atoms with van der Waals surface area (Å²) >= 11 is 0. The Kier molecular flexibility index (Phi) is 4.87. The van der Waals surface area contributed by atoms with E-state index in [1.807, 2.05) is 0 Å². The zero-order chi connectivity index (χ0) is 15.9. The lowest BCUT2D eigenvalue weighted by molar-refractivity contribution is 0.0728. The minimum atomic E-state index is -0.777. The van der Waals surface area contributed by atoms with E-state index in [9.17, 15) is 14.4 Å². The predicted molar refractivity (Wildman–Crippen MR) is 81.0 cm³/mol. The van der Waals surface area contributed by atoms with Crippen LogP contribution in [0.5, 0.6) is 0 Å². The highest BCUT2D eigenvalue weighted by Crippen LogP contribution is 2.01. The Hall–Kier alpha value is -3.15. The monoisotopic (exact) mass is 297 g/mol. The van der Waals surface area contributed by atoms with Gasteiger partial charge in [0.1, 0.15) is 0 Å². The first-order valence-corrected chi connectivity index (χ1v) is 6.58. The summed E-state index contributed by atoms with van der Waals surface area (Å²) in [6.45, 7) is 0. The number of benzene rings is 2. The molecule has 2 aromatic rings. The van der Waals surface area contributed by atoms with E-state index in [1.165, 1.54) is 7.05 Å². The maximum atomic E-state index is 12.0. The lowest BCUT2D eigenvalue weighted by Crippen LogP contribution is -2.49. The highest BCUT2D eigenvalue weighted by Gasteiger charge is 2.15. The van der Waals surface area contributed by atoms with E-state index in [4.69, 9.17) is 0 Å². The molecule has 0 aliphatic carbocycles. The molecule has 0 unspecified atom stereocenters. The Labute approximate surface area is 127 Å². The number of hydrazine groups is 1. The van der Waals surface area contributed by atoms with Gasteiger partial charge in [0.25, 0.3) is 11.8 Å². The highest BCUT2D eigenvalue weighted by molar-refractivity contribution is 6.04. The lowest BCUT2D eigenvalue weighted by atomic mass is 10.2. The Morgan fingerprint density at radius 3 is 1.86 bits per heavy atom. The molecule has 4 amide bonds. The molecule has 0 bridgehead atoms. The molecular weight excluding hydrogens is 282 g/mol. The quantitative estimate of drug-likeness (QED) is 0.830. The van der Waals surface area contributed by atoms with Gasteiger partial charge in [0.15, 0.2) is 0 Å². The summed E-state index contributed by atoms with van der Waals surface area (Å²) in [5, 5.41) is 3.17. The van der Waals surface area contributed by atoms with Crippen LogP contribution in [0, 0.1) is 0 Å². The van der Waals surface area contributed by atoms with Gasteiger partial charge < -0.3 is 0 Å². The number of urea groups is 1. The Balaban J connectivity index is 1.92. The number of imide groups is 1. The van der Waals surface area contributed by atoms with E-state index in [0.717, 1.165) is 5.01 Å². The van der Waals surface area contributed by atoms with Gasteiger partial charge in [-0.15, -0.1) is 0 Å². The molecule has 2 rings (SSSR count). The molecular formula is C16H15N3O3. The molecule has 0 saturated heterocycles. The van der Waals surface area contributed by atoms with Crippen LogP contribution < -0.4 is 10.7 Å². The van der Waals surface area contributed by atoms with Crippen molar-refractivity contribution in [2.45, 2.75) is 0 Å². The first-order chi connectivity index (χ1) is 10.6. The molecule has 0 spiro atoms. The number of amides is 4. The average molecular weight is 297 g/mol. The first kappa shape index (κ1) is 15.2. The van der Waals surface area contributed by atoms with E-state index < -0.39 is 11.9 Å². The van der Waals surface area contributed by atoms with Crippen LogP contribution in [-0.2, 0) is 0 Å². The molecule has 0 atom stereocenters. The van der Waals surface area contributed by atoms with Gasteiger partial charge in [0, 0.05) is 18.2 Å². The second kappa shape index (κ2) is 7.03. The fourth-order valence-electron chi connectivity index (χ4n) is 1.77. The molecule has 0 saturated carbocycles. The van der Waals surface area contributed by atoms with E-state index in [-0.39, 0.29) is 5.91 Å². The van der Waals surface area contributed by atoms with Gasteiger partial charge in [0.05, 0.1) is 0 Å². The van der Waals surface area contributed by atoms with Crippen molar-refractivity contribution in [3.8, 4) is 0 Å². The third kappa shape index (κ3) is 3.92. The summed E-state index contributed by atoms with van der Waals surface area (Å²) < 4.78 is 0. The minimum absolute atomic E-state index is 0.356. The number of hydrogen-bond donors (Lipinski definition) is 2. The second-order valence-electron chi connectivity index (χ2n) is 4.49. The number of carbonyl (C=O) groups is 3. The number of carbonyl (C=O) groups excluding carboxylic acids is 3. The summed E-state index contributed by atoms with van der Waals surface area (Å²) in [5.41, 5.74) is 3.08. The lowest BCUT2D eigenvalue weighted by Gasteiger charge is -2.18. The molecule has 0 aliphatic rings. The average Bonchev–Trinajstić information content (AvgIpc) is 2.55. The van der Waals surface area contributed by atoms with Crippen LogP contribution in [0.4, 0.5) is 4.79 Å². The van der Waals surface area contributed by atoms with Gasteiger partial charge in [-0.05, 0) is 24.3 Å². The Morgan fingerprint density at radius 2 is 1.32 bits per heavy atom. The summed E-state index contributed by atoms with van der Waals surface area (Å²) in [5.74, 6) is -0.929. The first-order valence-electron chi connectivity index (χ1n) is 6.58. The summed E-state index contributed by atoms with van der Waals surface area (Å²) in [4.78, 5) is 35.6. The fraction of sp³-hybridized carbons (Fsp3) is 0.0625. The van der Waals surface area contributed by atoms with Crippen molar-refractivity contribution < 1.29 is 14.4 Å². The van der Waals surface area contributed by atoms with Crippen molar-refractivity contribution in [2.24, 2.45) is 0 Å². The van der Waals surface area contributed by atoms with Gasteiger partial charge in [-0.2, -0.15) is 0 Å². The van der Waals surface area contributed by atoms with Crippen molar-refractivity contribution >= 4 is 17.8 Å². The molecule has 22 heavy (non-hydrogen) atoms. The largest absolute Gasteiger partial charge is 0.340 e. The van der Waals surface area contributed by atoms with Crippen LogP contribution in [-0.4, -0.2) is 29.9 Å². The zero-order valence-electron chi connectivity index (χ0n) is 11.9. The zero-order valence-corrected chi connectivity index (χ0v) is 11.9. The van der Waals surface area contributed by atoms with Gasteiger partial charge in [-0.1, -0.05) is 36.4 Å². The third-order valence-corrected chi connectivity index (χ3v) is 2.86. The van der Waals surface area contributed by atoms with Crippen molar-refractivity contribution in [1.82, 2.24) is 15.8 Å². The van der Waals surface area contributed by atoms with E-state index in [2.05, 4.69) is 10.7 Å². The Morgan fingerprint density at radius 1 is 0.818 bits per heavy atom. The molecule has 2 N–H and O–H groups in total. The predicted octanol–water partition coefficient (Wildman–Crippen LogP) is 1.81. The van der Waals surface area contributed by atoms with Crippen LogP contribution in [0.15, 0.2) is 60.7 Å². The topological polar surface area (TPSA) is 78.5 Å². The van der Waals surface area contributed by atoms with Crippen molar-refractivity contribution in [3.05, 3.63) is 71.8 Å². The number of nitrogens with zero attached hydrogens (tertiary/aromatic N) is 1. The second-order valence-corrected chi connectivity index (χ2v) is 4.49. The molecule has 0 heterocycles. The van der Waals surface area contributed by atoms with Gasteiger partial charge in [0.2, 0.25) is 0 Å². The van der Waals surface area contributed by atoms with Crippen molar-refractivity contribution in [1.29, 1.82) is 0 Å². The molecule has 0 radical (unpaired) electrons. The number of nitrogens with one attached hydrogen (secondary N) is 2. The summed E-state index contributed by atoms with van der Waals surface area (Å²) in [7, 11) is 1.40. The van der Waals surface area contributed by atoms with Gasteiger partial charge >= 0.3 is 6.03 Å². The molecule has 0 aliphatic heterocycles. The highest BCUT2D eigenvalue weighted by atomic mass is 16.2. The maximum Gasteiger partial charge on any atom is 0.340 e. The summed E-state index contributed by atoms with van der Waals surface area (Å²) in [6, 6.07) is 16.0. The third-order valence-electron chi connectivity index (χ3n) is 2.86.